The van der Waals surface area contributed by atoms with Crippen LogP contribution < -0.4 is 15.0 Å². The maximum absolute atomic E-state index is 13.2. The quantitative estimate of drug-likeness (QED) is 0.659. The first-order valence-electron chi connectivity index (χ1n) is 10.5. The van der Waals surface area contributed by atoms with Crippen LogP contribution in [-0.2, 0) is 16.0 Å². The number of rotatable bonds is 7. The van der Waals surface area contributed by atoms with E-state index in [1.54, 1.807) is 42.6 Å². The molecular weight excluding hydrogens is 451 g/mol. The van der Waals surface area contributed by atoms with Crippen LogP contribution in [0.5, 0.6) is 5.75 Å². The van der Waals surface area contributed by atoms with Gasteiger partial charge in [0.2, 0.25) is 11.8 Å². The molecule has 1 aliphatic heterocycles. The molecule has 1 aliphatic rings. The number of benzene rings is 1. The van der Waals surface area contributed by atoms with Crippen LogP contribution >= 0.6 is 23.2 Å². The highest BCUT2D eigenvalue weighted by Crippen LogP contribution is 2.36. The molecule has 0 spiro atoms. The Hall–Kier alpha value is -2.51. The molecule has 2 heterocycles. The van der Waals surface area contributed by atoms with Crippen LogP contribution in [0.4, 0.5) is 5.69 Å². The molecule has 1 N–H and O–H groups in total. The molecule has 172 valence electrons. The van der Waals surface area contributed by atoms with Crippen LogP contribution in [0, 0.1) is 5.92 Å². The zero-order chi connectivity index (χ0) is 23.3. The zero-order valence-corrected chi connectivity index (χ0v) is 20.0. The number of pyridine rings is 1. The lowest BCUT2D eigenvalue weighted by molar-refractivity contribution is -0.137. The SMILES string of the molecule is COc1cc(N2CCN(C(=O)[C@H](NC(=O)Cc3ccncc3)C(C)C)CC2)c(Cl)cc1Cl. The molecule has 1 atom stereocenters. The predicted octanol–water partition coefficient (Wildman–Crippen LogP) is 3.43. The third kappa shape index (κ3) is 5.84. The first kappa shape index (κ1) is 24.1. The second-order valence-electron chi connectivity index (χ2n) is 8.07. The lowest BCUT2D eigenvalue weighted by Gasteiger charge is -2.38. The van der Waals surface area contributed by atoms with Gasteiger partial charge in [-0.15, -0.1) is 0 Å². The van der Waals surface area contributed by atoms with Gasteiger partial charge < -0.3 is 19.9 Å². The first-order valence-corrected chi connectivity index (χ1v) is 11.3. The minimum atomic E-state index is -0.574. The Morgan fingerprint density at radius 3 is 2.34 bits per heavy atom. The Kier molecular flexibility index (Phi) is 8.21. The van der Waals surface area contributed by atoms with Gasteiger partial charge >= 0.3 is 0 Å². The van der Waals surface area contributed by atoms with E-state index in [4.69, 9.17) is 27.9 Å². The van der Waals surface area contributed by atoms with E-state index >= 15 is 0 Å². The predicted molar refractivity (Wildman–Crippen MR) is 127 cm³/mol. The fraction of sp³-hybridized carbons (Fsp3) is 0.435. The van der Waals surface area contributed by atoms with E-state index in [2.05, 4.69) is 15.2 Å². The zero-order valence-electron chi connectivity index (χ0n) is 18.5. The molecule has 2 aromatic rings. The van der Waals surface area contributed by atoms with Crippen molar-refractivity contribution < 1.29 is 14.3 Å². The number of nitrogens with zero attached hydrogens (tertiary/aromatic N) is 3. The fourth-order valence-corrected chi connectivity index (χ4v) is 4.29. The molecule has 0 radical (unpaired) electrons. The van der Waals surface area contributed by atoms with Gasteiger partial charge in [-0.2, -0.15) is 0 Å². The average Bonchev–Trinajstić information content (AvgIpc) is 2.78. The maximum atomic E-state index is 13.2. The topological polar surface area (TPSA) is 74.8 Å². The molecule has 1 fully saturated rings. The molecular formula is C23H28Cl2N4O3. The maximum Gasteiger partial charge on any atom is 0.245 e. The van der Waals surface area contributed by atoms with Crippen molar-refractivity contribution in [2.75, 3.05) is 38.2 Å². The molecule has 32 heavy (non-hydrogen) atoms. The van der Waals surface area contributed by atoms with Gasteiger partial charge in [-0.3, -0.25) is 14.6 Å². The number of ether oxygens (including phenoxy) is 1. The highest BCUT2D eigenvalue weighted by Gasteiger charge is 2.31. The fourth-order valence-electron chi connectivity index (χ4n) is 3.71. The molecule has 2 amide bonds. The third-order valence-corrected chi connectivity index (χ3v) is 6.11. The molecule has 0 unspecified atom stereocenters. The van der Waals surface area contributed by atoms with E-state index in [0.717, 1.165) is 11.3 Å². The van der Waals surface area contributed by atoms with Crippen molar-refractivity contribution >= 4 is 40.7 Å². The summed E-state index contributed by atoms with van der Waals surface area (Å²) in [6.45, 7) is 6.17. The van der Waals surface area contributed by atoms with E-state index < -0.39 is 6.04 Å². The number of amides is 2. The monoisotopic (exact) mass is 478 g/mol. The number of nitrogens with one attached hydrogen (secondary N) is 1. The van der Waals surface area contributed by atoms with Gasteiger partial charge in [0.05, 0.1) is 29.3 Å². The molecule has 7 nitrogen and oxygen atoms in total. The Morgan fingerprint density at radius 2 is 1.75 bits per heavy atom. The highest BCUT2D eigenvalue weighted by atomic mass is 35.5. The standard InChI is InChI=1S/C23H28Cl2N4O3/c1-15(2)22(27-21(30)12-16-4-6-26-7-5-16)23(31)29-10-8-28(9-11-29)19-14-20(32-3)18(25)13-17(19)24/h4-7,13-15,22H,8-12H2,1-3H3,(H,27,30)/t22-/m1/s1. The summed E-state index contributed by atoms with van der Waals surface area (Å²) in [5.41, 5.74) is 1.68. The summed E-state index contributed by atoms with van der Waals surface area (Å²) >= 11 is 12.5. The molecule has 9 heteroatoms. The summed E-state index contributed by atoms with van der Waals surface area (Å²) in [6, 6.07) is 6.50. The lowest BCUT2D eigenvalue weighted by atomic mass is 10.0. The number of anilines is 1. The van der Waals surface area contributed by atoms with E-state index in [-0.39, 0.29) is 24.2 Å². The second-order valence-corrected chi connectivity index (χ2v) is 8.89. The van der Waals surface area contributed by atoms with Gasteiger partial charge in [-0.05, 0) is 29.7 Å². The summed E-state index contributed by atoms with van der Waals surface area (Å²) in [4.78, 5) is 33.6. The van der Waals surface area contributed by atoms with Crippen molar-refractivity contribution in [2.45, 2.75) is 26.3 Å². The number of hydrogen-bond acceptors (Lipinski definition) is 5. The number of carbonyl (C=O) groups is 2. The average molecular weight is 479 g/mol. The summed E-state index contributed by atoms with van der Waals surface area (Å²) in [5, 5.41) is 3.92. The molecule has 3 rings (SSSR count). The van der Waals surface area contributed by atoms with Gasteiger partial charge in [0, 0.05) is 44.6 Å². The molecule has 1 aromatic carbocycles. The van der Waals surface area contributed by atoms with Crippen molar-refractivity contribution in [1.82, 2.24) is 15.2 Å². The van der Waals surface area contributed by atoms with Gasteiger partial charge in [-0.1, -0.05) is 37.0 Å². The number of hydrogen-bond donors (Lipinski definition) is 1. The van der Waals surface area contributed by atoms with Crippen molar-refractivity contribution in [3.8, 4) is 5.75 Å². The largest absolute Gasteiger partial charge is 0.495 e. The van der Waals surface area contributed by atoms with Crippen LogP contribution in [0.2, 0.25) is 10.0 Å². The minimum absolute atomic E-state index is 0.0307. The Labute approximate surface area is 198 Å². The second kappa shape index (κ2) is 10.9. The van der Waals surface area contributed by atoms with Gasteiger partial charge in [0.1, 0.15) is 11.8 Å². The minimum Gasteiger partial charge on any atom is -0.495 e. The van der Waals surface area contributed by atoms with Crippen LogP contribution in [0.3, 0.4) is 0 Å². The number of aromatic nitrogens is 1. The van der Waals surface area contributed by atoms with Crippen molar-refractivity contribution in [3.05, 3.63) is 52.3 Å². The van der Waals surface area contributed by atoms with Crippen molar-refractivity contribution in [1.29, 1.82) is 0 Å². The van der Waals surface area contributed by atoms with Crippen LogP contribution in [-0.4, -0.2) is 61.0 Å². The Bertz CT molecular complexity index is 948. The molecule has 0 bridgehead atoms. The van der Waals surface area contributed by atoms with E-state index in [1.165, 1.54) is 0 Å². The molecule has 1 saturated heterocycles. The van der Waals surface area contributed by atoms with E-state index in [9.17, 15) is 9.59 Å². The van der Waals surface area contributed by atoms with E-state index in [0.29, 0.717) is 42.0 Å². The third-order valence-electron chi connectivity index (χ3n) is 5.52. The molecule has 0 saturated carbocycles. The molecule has 0 aliphatic carbocycles. The van der Waals surface area contributed by atoms with Crippen LogP contribution in [0.15, 0.2) is 36.7 Å². The summed E-state index contributed by atoms with van der Waals surface area (Å²) in [7, 11) is 1.56. The van der Waals surface area contributed by atoms with Gasteiger partial charge in [-0.25, -0.2) is 0 Å². The first-order chi connectivity index (χ1) is 15.3. The highest BCUT2D eigenvalue weighted by molar-refractivity contribution is 6.37. The summed E-state index contributed by atoms with van der Waals surface area (Å²) in [5.74, 6) is 0.280. The summed E-state index contributed by atoms with van der Waals surface area (Å²) in [6.07, 6.45) is 3.51. The van der Waals surface area contributed by atoms with Gasteiger partial charge in [0.15, 0.2) is 0 Å². The van der Waals surface area contributed by atoms with Crippen LogP contribution in [0.1, 0.15) is 19.4 Å². The van der Waals surface area contributed by atoms with E-state index in [1.807, 2.05) is 19.9 Å². The lowest BCUT2D eigenvalue weighted by Crippen LogP contribution is -2.56. The smallest absolute Gasteiger partial charge is 0.245 e. The number of halogens is 2. The van der Waals surface area contributed by atoms with Crippen LogP contribution in [0.25, 0.3) is 0 Å². The number of methoxy groups -OCH3 is 1. The Morgan fingerprint density at radius 1 is 1.09 bits per heavy atom. The number of carbonyl (C=O) groups excluding carboxylic acids is 2. The van der Waals surface area contributed by atoms with Gasteiger partial charge in [0.25, 0.3) is 0 Å². The van der Waals surface area contributed by atoms with Crippen molar-refractivity contribution in [2.24, 2.45) is 5.92 Å². The normalized spacial score (nSPS) is 14.9. The summed E-state index contributed by atoms with van der Waals surface area (Å²) < 4.78 is 5.30. The Balaban J connectivity index is 1.62. The molecule has 1 aromatic heterocycles. The number of piperazine rings is 1. The van der Waals surface area contributed by atoms with Crippen molar-refractivity contribution in [3.63, 3.8) is 0 Å².